The summed E-state index contributed by atoms with van der Waals surface area (Å²) in [6.45, 7) is 9.55. The first-order valence-electron chi connectivity index (χ1n) is 12.9. The molecular formula is C31H35NO4. The molecule has 0 amide bonds. The van der Waals surface area contributed by atoms with E-state index in [1.165, 1.54) is 19.4 Å². The highest BCUT2D eigenvalue weighted by molar-refractivity contribution is 5.95. The van der Waals surface area contributed by atoms with Crippen molar-refractivity contribution in [3.8, 4) is 23.0 Å². The van der Waals surface area contributed by atoms with Crippen molar-refractivity contribution in [3.05, 3.63) is 83.4 Å². The Morgan fingerprint density at radius 1 is 1.03 bits per heavy atom. The van der Waals surface area contributed by atoms with Crippen molar-refractivity contribution in [3.63, 3.8) is 0 Å². The first kappa shape index (κ1) is 24.3. The van der Waals surface area contributed by atoms with Crippen molar-refractivity contribution in [2.75, 3.05) is 19.7 Å². The fourth-order valence-corrected chi connectivity index (χ4v) is 5.37. The maximum Gasteiger partial charge on any atom is 0.150 e. The van der Waals surface area contributed by atoms with Crippen LogP contribution in [0.3, 0.4) is 0 Å². The van der Waals surface area contributed by atoms with Crippen LogP contribution in [-0.2, 0) is 0 Å². The highest BCUT2D eigenvalue weighted by atomic mass is 16.5. The third-order valence-electron chi connectivity index (χ3n) is 7.63. The molecular weight excluding hydrogens is 450 g/mol. The second kappa shape index (κ2) is 10.3. The SMILES string of the molecule is CC[C@@H]1CCN([C@@H](C)COc2ccc([C@@H]3Oc4ccc(O)cc4C(C)=C3c3cccc(O)c3)cc2)C1. The molecule has 0 bridgehead atoms. The lowest BCUT2D eigenvalue weighted by molar-refractivity contribution is 0.168. The number of rotatable bonds is 7. The van der Waals surface area contributed by atoms with Crippen molar-refractivity contribution < 1.29 is 19.7 Å². The normalized spacial score (nSPS) is 20.6. The number of likely N-dealkylation sites (tertiary alicyclic amines) is 1. The zero-order valence-corrected chi connectivity index (χ0v) is 21.3. The number of nitrogens with zero attached hydrogens (tertiary/aromatic N) is 1. The average Bonchev–Trinajstić information content (AvgIpc) is 3.37. The van der Waals surface area contributed by atoms with Gasteiger partial charge in [0.1, 0.15) is 35.7 Å². The number of benzene rings is 3. The van der Waals surface area contributed by atoms with Crippen molar-refractivity contribution in [2.24, 2.45) is 5.92 Å². The average molecular weight is 486 g/mol. The largest absolute Gasteiger partial charge is 0.508 e. The van der Waals surface area contributed by atoms with Crippen molar-refractivity contribution in [1.82, 2.24) is 4.90 Å². The van der Waals surface area contributed by atoms with Gasteiger partial charge in [-0.15, -0.1) is 0 Å². The van der Waals surface area contributed by atoms with E-state index in [4.69, 9.17) is 9.47 Å². The van der Waals surface area contributed by atoms with E-state index < -0.39 is 0 Å². The lowest BCUT2D eigenvalue weighted by Crippen LogP contribution is -2.35. The summed E-state index contributed by atoms with van der Waals surface area (Å²) in [5.74, 6) is 2.78. The predicted octanol–water partition coefficient (Wildman–Crippen LogP) is 6.66. The van der Waals surface area contributed by atoms with Gasteiger partial charge in [0.2, 0.25) is 0 Å². The Morgan fingerprint density at radius 3 is 2.53 bits per heavy atom. The second-order valence-electron chi connectivity index (χ2n) is 10.1. The fraction of sp³-hybridized carbons (Fsp3) is 0.355. The summed E-state index contributed by atoms with van der Waals surface area (Å²) in [6.07, 6.45) is 2.18. The fourth-order valence-electron chi connectivity index (χ4n) is 5.37. The van der Waals surface area contributed by atoms with Crippen molar-refractivity contribution in [1.29, 1.82) is 0 Å². The minimum Gasteiger partial charge on any atom is -0.508 e. The Labute approximate surface area is 213 Å². The maximum absolute atomic E-state index is 10.2. The van der Waals surface area contributed by atoms with Crippen LogP contribution in [0.5, 0.6) is 23.0 Å². The van der Waals surface area contributed by atoms with Crippen LogP contribution < -0.4 is 9.47 Å². The van der Waals surface area contributed by atoms with Gasteiger partial charge in [-0.1, -0.05) is 37.6 Å². The lowest BCUT2D eigenvalue weighted by Gasteiger charge is -2.31. The van der Waals surface area contributed by atoms with Crippen LogP contribution in [0.15, 0.2) is 66.7 Å². The van der Waals surface area contributed by atoms with Crippen LogP contribution in [0.4, 0.5) is 0 Å². The van der Waals surface area contributed by atoms with Crippen LogP contribution in [0.25, 0.3) is 11.1 Å². The number of allylic oxidation sites excluding steroid dienone is 1. The number of fused-ring (bicyclic) bond motifs is 1. The predicted molar refractivity (Wildman–Crippen MR) is 143 cm³/mol. The van der Waals surface area contributed by atoms with Crippen LogP contribution >= 0.6 is 0 Å². The van der Waals surface area contributed by atoms with Gasteiger partial charge < -0.3 is 19.7 Å². The van der Waals surface area contributed by atoms with E-state index >= 15 is 0 Å². The molecule has 0 saturated carbocycles. The Hall–Kier alpha value is -3.44. The monoisotopic (exact) mass is 485 g/mol. The molecule has 188 valence electrons. The van der Waals surface area contributed by atoms with Crippen molar-refractivity contribution >= 4 is 11.1 Å². The van der Waals surface area contributed by atoms with Gasteiger partial charge in [-0.2, -0.15) is 0 Å². The molecule has 5 heteroatoms. The topological polar surface area (TPSA) is 62.2 Å². The number of ether oxygens (including phenoxy) is 2. The number of hydrogen-bond acceptors (Lipinski definition) is 5. The molecule has 3 aromatic carbocycles. The standard InChI is InChI=1S/C31H35NO4/c1-4-22-14-15-32(18-22)20(2)19-35-27-11-8-23(9-12-27)31-30(24-6-5-7-25(33)16-24)21(3)28-17-26(34)10-13-29(28)36-31/h5-13,16-17,20,22,31,33-34H,4,14-15,18-19H2,1-3H3/t20-,22+,31-/m0/s1. The minimum absolute atomic E-state index is 0.195. The third kappa shape index (κ3) is 4.93. The van der Waals surface area contributed by atoms with Crippen LogP contribution in [0, 0.1) is 5.92 Å². The molecule has 0 spiro atoms. The summed E-state index contributed by atoms with van der Waals surface area (Å²) in [5, 5.41) is 20.2. The zero-order chi connectivity index (χ0) is 25.2. The van der Waals surface area contributed by atoms with E-state index in [0.717, 1.165) is 51.8 Å². The molecule has 2 aliphatic rings. The summed E-state index contributed by atoms with van der Waals surface area (Å²) in [7, 11) is 0. The number of phenolic OH excluding ortho intramolecular Hbond substituents is 2. The second-order valence-corrected chi connectivity index (χ2v) is 10.1. The third-order valence-corrected chi connectivity index (χ3v) is 7.63. The Kier molecular flexibility index (Phi) is 6.92. The molecule has 3 aromatic rings. The molecule has 36 heavy (non-hydrogen) atoms. The minimum atomic E-state index is -0.354. The van der Waals surface area contributed by atoms with Gasteiger partial charge in [0.05, 0.1) is 0 Å². The van der Waals surface area contributed by atoms with Gasteiger partial charge in [-0.05, 0) is 91.9 Å². The Balaban J connectivity index is 1.38. The maximum atomic E-state index is 10.2. The first-order chi connectivity index (χ1) is 17.4. The number of hydrogen-bond donors (Lipinski definition) is 2. The molecule has 0 unspecified atom stereocenters. The van der Waals surface area contributed by atoms with Crippen LogP contribution in [0.1, 0.15) is 56.4 Å². The van der Waals surface area contributed by atoms with E-state index in [1.54, 1.807) is 30.3 Å². The van der Waals surface area contributed by atoms with E-state index in [0.29, 0.717) is 12.6 Å². The van der Waals surface area contributed by atoms with Gasteiger partial charge in [0, 0.05) is 23.7 Å². The van der Waals surface area contributed by atoms with Gasteiger partial charge in [-0.25, -0.2) is 0 Å². The zero-order valence-electron chi connectivity index (χ0n) is 21.3. The molecule has 1 saturated heterocycles. The molecule has 2 heterocycles. The Bertz CT molecular complexity index is 1250. The summed E-state index contributed by atoms with van der Waals surface area (Å²) >= 11 is 0. The van der Waals surface area contributed by atoms with E-state index in [2.05, 4.69) is 30.9 Å². The quantitative estimate of drug-likeness (QED) is 0.392. The van der Waals surface area contributed by atoms with E-state index in [9.17, 15) is 10.2 Å². The summed E-state index contributed by atoms with van der Waals surface area (Å²) in [4.78, 5) is 2.53. The molecule has 0 aliphatic carbocycles. The first-order valence-corrected chi connectivity index (χ1v) is 12.9. The van der Waals surface area contributed by atoms with Crippen LogP contribution in [0.2, 0.25) is 0 Å². The van der Waals surface area contributed by atoms with Gasteiger partial charge >= 0.3 is 0 Å². The highest BCUT2D eigenvalue weighted by Gasteiger charge is 2.30. The molecule has 5 rings (SSSR count). The molecule has 0 aromatic heterocycles. The summed E-state index contributed by atoms with van der Waals surface area (Å²) in [6, 6.07) is 20.9. The molecule has 2 aliphatic heterocycles. The van der Waals surface area contributed by atoms with E-state index in [-0.39, 0.29) is 17.6 Å². The van der Waals surface area contributed by atoms with Gasteiger partial charge in [-0.3, -0.25) is 4.90 Å². The van der Waals surface area contributed by atoms with Gasteiger partial charge in [0.25, 0.3) is 0 Å². The van der Waals surface area contributed by atoms with Crippen LogP contribution in [-0.4, -0.2) is 40.9 Å². The molecule has 3 atom stereocenters. The summed E-state index contributed by atoms with van der Waals surface area (Å²) < 4.78 is 12.6. The molecule has 5 nitrogen and oxygen atoms in total. The molecule has 2 N–H and O–H groups in total. The summed E-state index contributed by atoms with van der Waals surface area (Å²) in [5.41, 5.74) is 4.71. The number of aromatic hydroxyl groups is 2. The lowest BCUT2D eigenvalue weighted by atomic mass is 9.86. The highest BCUT2D eigenvalue weighted by Crippen LogP contribution is 2.47. The number of phenols is 2. The smallest absolute Gasteiger partial charge is 0.150 e. The van der Waals surface area contributed by atoms with E-state index in [1.807, 2.05) is 31.2 Å². The van der Waals surface area contributed by atoms with Crippen molar-refractivity contribution in [2.45, 2.75) is 45.8 Å². The van der Waals surface area contributed by atoms with Gasteiger partial charge in [0.15, 0.2) is 0 Å². The molecule has 0 radical (unpaired) electrons. The Morgan fingerprint density at radius 2 is 1.81 bits per heavy atom. The molecule has 1 fully saturated rings.